The molecule has 0 N–H and O–H groups in total. The number of nitrogens with zero attached hydrogens (tertiary/aromatic N) is 2. The lowest BCUT2D eigenvalue weighted by Crippen LogP contribution is -2.11. The molecule has 3 aromatic rings. The van der Waals surface area contributed by atoms with Crippen molar-refractivity contribution in [1.29, 1.82) is 0 Å². The number of halogens is 2. The second-order valence-corrected chi connectivity index (χ2v) is 6.53. The second-order valence-electron chi connectivity index (χ2n) is 5.77. The fraction of sp³-hybridized carbons (Fsp3) is 0.235. The Balaban J connectivity index is 2.49. The van der Waals surface area contributed by atoms with E-state index in [-0.39, 0.29) is 5.43 Å². The molecule has 1 heterocycles. The Morgan fingerprint density at radius 1 is 0.783 bits per heavy atom. The number of benzene rings is 2. The lowest BCUT2D eigenvalue weighted by molar-refractivity contribution is 0.660. The van der Waals surface area contributed by atoms with Gasteiger partial charge < -0.3 is 14.2 Å². The molecule has 0 bridgehead atoms. The summed E-state index contributed by atoms with van der Waals surface area (Å²) < 4.78 is 5.95. The molecule has 3 rings (SSSR count). The molecule has 0 atom stereocenters. The number of hydrogen-bond acceptors (Lipinski definition) is 4. The van der Waals surface area contributed by atoms with Crippen molar-refractivity contribution >= 4 is 56.5 Å². The van der Waals surface area contributed by atoms with E-state index < -0.39 is 0 Å². The molecule has 0 spiro atoms. The zero-order valence-electron chi connectivity index (χ0n) is 13.3. The van der Waals surface area contributed by atoms with Gasteiger partial charge in [-0.2, -0.15) is 0 Å². The van der Waals surface area contributed by atoms with Crippen LogP contribution in [0.15, 0.2) is 33.5 Å². The first kappa shape index (κ1) is 16.0. The van der Waals surface area contributed by atoms with Crippen molar-refractivity contribution in [3.05, 3.63) is 44.5 Å². The molecular formula is C17H16Cl2N2O2. The fourth-order valence-electron chi connectivity index (χ4n) is 2.59. The summed E-state index contributed by atoms with van der Waals surface area (Å²) in [6.45, 7) is 0. The van der Waals surface area contributed by atoms with E-state index in [0.29, 0.717) is 32.0 Å². The van der Waals surface area contributed by atoms with E-state index in [2.05, 4.69) is 0 Å². The van der Waals surface area contributed by atoms with Gasteiger partial charge in [0, 0.05) is 28.2 Å². The molecule has 0 amide bonds. The molecule has 1 aromatic heterocycles. The van der Waals surface area contributed by atoms with Gasteiger partial charge in [0.1, 0.15) is 10.0 Å². The van der Waals surface area contributed by atoms with Crippen molar-refractivity contribution in [1.82, 2.24) is 0 Å². The van der Waals surface area contributed by atoms with Crippen LogP contribution in [0.4, 0.5) is 11.4 Å². The van der Waals surface area contributed by atoms with Crippen molar-refractivity contribution in [2.24, 2.45) is 0 Å². The fourth-order valence-corrected chi connectivity index (χ4v) is 3.33. The maximum absolute atomic E-state index is 12.8. The van der Waals surface area contributed by atoms with Gasteiger partial charge in [-0.25, -0.2) is 0 Å². The van der Waals surface area contributed by atoms with Crippen molar-refractivity contribution in [2.75, 3.05) is 38.0 Å². The van der Waals surface area contributed by atoms with E-state index in [4.69, 9.17) is 27.6 Å². The third kappa shape index (κ3) is 2.42. The van der Waals surface area contributed by atoms with E-state index >= 15 is 0 Å². The summed E-state index contributed by atoms with van der Waals surface area (Å²) >= 11 is 12.9. The predicted octanol–water partition coefficient (Wildman–Crippen LogP) is 4.39. The zero-order valence-corrected chi connectivity index (χ0v) is 14.8. The number of hydrogen-bond donors (Lipinski definition) is 0. The molecule has 23 heavy (non-hydrogen) atoms. The van der Waals surface area contributed by atoms with E-state index in [1.807, 2.05) is 50.1 Å². The van der Waals surface area contributed by atoms with Gasteiger partial charge in [-0.05, 0) is 24.3 Å². The standard InChI is InChI=1S/C17H16Cl2N2O2/c1-20(2)11-7-5-9-15(22)10-6-8-12(21(3)4)14(19)17(10)23-16(9)13(11)18/h5-8H,1-4H3. The Bertz CT molecular complexity index is 903. The van der Waals surface area contributed by atoms with Gasteiger partial charge in [0.2, 0.25) is 5.43 Å². The average Bonchev–Trinajstić information content (AvgIpc) is 2.48. The Morgan fingerprint density at radius 3 is 1.52 bits per heavy atom. The quantitative estimate of drug-likeness (QED) is 0.642. The Morgan fingerprint density at radius 2 is 1.17 bits per heavy atom. The minimum absolute atomic E-state index is 0.138. The van der Waals surface area contributed by atoms with Gasteiger partial charge in [0.05, 0.1) is 22.1 Å². The molecule has 120 valence electrons. The Hall–Kier alpha value is -1.91. The third-order valence-electron chi connectivity index (χ3n) is 3.81. The highest BCUT2D eigenvalue weighted by Gasteiger charge is 2.17. The van der Waals surface area contributed by atoms with Crippen molar-refractivity contribution in [2.45, 2.75) is 0 Å². The topological polar surface area (TPSA) is 36.7 Å². The molecule has 0 aliphatic heterocycles. The minimum atomic E-state index is -0.138. The summed E-state index contributed by atoms with van der Waals surface area (Å²) in [5, 5.41) is 1.69. The molecule has 0 aliphatic carbocycles. The van der Waals surface area contributed by atoms with E-state index in [0.717, 1.165) is 11.4 Å². The van der Waals surface area contributed by atoms with E-state index in [1.54, 1.807) is 12.1 Å². The molecular weight excluding hydrogens is 335 g/mol. The summed E-state index contributed by atoms with van der Waals surface area (Å²) in [4.78, 5) is 16.5. The number of fused-ring (bicyclic) bond motifs is 2. The maximum atomic E-state index is 12.8. The average molecular weight is 351 g/mol. The van der Waals surface area contributed by atoms with Crippen LogP contribution >= 0.6 is 23.2 Å². The van der Waals surface area contributed by atoms with Crippen molar-refractivity contribution in [3.8, 4) is 0 Å². The molecule has 2 aromatic carbocycles. The third-order valence-corrected chi connectivity index (χ3v) is 4.54. The molecule has 0 fully saturated rings. The molecule has 0 radical (unpaired) electrons. The summed E-state index contributed by atoms with van der Waals surface area (Å²) in [5.74, 6) is 0. The molecule has 0 saturated carbocycles. The highest BCUT2D eigenvalue weighted by molar-refractivity contribution is 6.39. The predicted molar refractivity (Wildman–Crippen MR) is 98.7 cm³/mol. The van der Waals surface area contributed by atoms with Crippen molar-refractivity contribution in [3.63, 3.8) is 0 Å². The smallest absolute Gasteiger partial charge is 0.200 e. The molecule has 0 aliphatic rings. The summed E-state index contributed by atoms with van der Waals surface area (Å²) in [6, 6.07) is 7.08. The molecule has 0 saturated heterocycles. The SMILES string of the molecule is CN(C)c1ccc2c(=O)c3ccc(N(C)C)c(Cl)c3oc2c1Cl. The normalized spacial score (nSPS) is 11.2. The van der Waals surface area contributed by atoms with Crippen LogP contribution in [0, 0.1) is 0 Å². The van der Waals surface area contributed by atoms with Crippen LogP contribution in [0.3, 0.4) is 0 Å². The van der Waals surface area contributed by atoms with Crippen LogP contribution in [0.1, 0.15) is 0 Å². The van der Waals surface area contributed by atoms with Crippen LogP contribution in [0.2, 0.25) is 10.0 Å². The monoisotopic (exact) mass is 350 g/mol. The largest absolute Gasteiger partial charge is 0.452 e. The number of anilines is 2. The first-order chi connectivity index (χ1) is 10.8. The van der Waals surface area contributed by atoms with Crippen LogP contribution < -0.4 is 15.2 Å². The Kier molecular flexibility index (Phi) is 3.90. The minimum Gasteiger partial charge on any atom is -0.452 e. The van der Waals surface area contributed by atoms with E-state index in [1.165, 1.54) is 0 Å². The summed E-state index contributed by atoms with van der Waals surface area (Å²) in [6.07, 6.45) is 0. The lowest BCUT2D eigenvalue weighted by atomic mass is 10.1. The van der Waals surface area contributed by atoms with Gasteiger partial charge >= 0.3 is 0 Å². The van der Waals surface area contributed by atoms with Gasteiger partial charge in [-0.15, -0.1) is 0 Å². The van der Waals surface area contributed by atoms with Gasteiger partial charge in [0.25, 0.3) is 0 Å². The van der Waals surface area contributed by atoms with Gasteiger partial charge in [0.15, 0.2) is 11.2 Å². The summed E-state index contributed by atoms with van der Waals surface area (Å²) in [7, 11) is 7.51. The van der Waals surface area contributed by atoms with Crippen molar-refractivity contribution < 1.29 is 4.42 Å². The van der Waals surface area contributed by atoms with Crippen LogP contribution in [0.5, 0.6) is 0 Å². The molecule has 6 heteroatoms. The summed E-state index contributed by atoms with van der Waals surface area (Å²) in [5.41, 5.74) is 2.13. The maximum Gasteiger partial charge on any atom is 0.200 e. The molecule has 4 nitrogen and oxygen atoms in total. The van der Waals surface area contributed by atoms with E-state index in [9.17, 15) is 4.79 Å². The van der Waals surface area contributed by atoms with Gasteiger partial charge in [-0.1, -0.05) is 23.2 Å². The Labute approximate surface area is 143 Å². The highest BCUT2D eigenvalue weighted by Crippen LogP contribution is 2.37. The highest BCUT2D eigenvalue weighted by atomic mass is 35.5. The number of rotatable bonds is 2. The molecule has 0 unspecified atom stereocenters. The lowest BCUT2D eigenvalue weighted by Gasteiger charge is -2.17. The first-order valence-electron chi connectivity index (χ1n) is 7.05. The van der Waals surface area contributed by atoms with Crippen LogP contribution in [-0.2, 0) is 0 Å². The zero-order chi connectivity index (χ0) is 16.9. The first-order valence-corrected chi connectivity index (χ1v) is 7.80. The van der Waals surface area contributed by atoms with Gasteiger partial charge in [-0.3, -0.25) is 4.79 Å². The second kappa shape index (κ2) is 5.62. The van der Waals surface area contributed by atoms with Crippen LogP contribution in [-0.4, -0.2) is 28.2 Å². The van der Waals surface area contributed by atoms with Crippen LogP contribution in [0.25, 0.3) is 21.9 Å².